The lowest BCUT2D eigenvalue weighted by Gasteiger charge is -2.30. The number of ether oxygens (including phenoxy) is 1. The van der Waals surface area contributed by atoms with E-state index in [1.807, 2.05) is 12.1 Å². The lowest BCUT2D eigenvalue weighted by molar-refractivity contribution is 0.415. The van der Waals surface area contributed by atoms with Crippen molar-refractivity contribution in [3.8, 4) is 5.75 Å². The van der Waals surface area contributed by atoms with Gasteiger partial charge in [0.1, 0.15) is 5.75 Å². The number of thioether (sulfide) groups is 1. The van der Waals surface area contributed by atoms with Gasteiger partial charge in [0.05, 0.1) is 7.11 Å². The van der Waals surface area contributed by atoms with Crippen molar-refractivity contribution in [2.45, 2.75) is 31.1 Å². The van der Waals surface area contributed by atoms with E-state index in [-0.39, 0.29) is 0 Å². The number of rotatable bonds is 3. The second-order valence-corrected chi connectivity index (χ2v) is 5.68. The van der Waals surface area contributed by atoms with Crippen LogP contribution in [0.4, 0.5) is 5.69 Å². The lowest BCUT2D eigenvalue weighted by Crippen LogP contribution is -2.32. The first kappa shape index (κ1) is 11.6. The van der Waals surface area contributed by atoms with Gasteiger partial charge in [0.25, 0.3) is 0 Å². The lowest BCUT2D eigenvalue weighted by atomic mass is 10.1. The maximum atomic E-state index is 5.15. The fraction of sp³-hybridized carbons (Fsp3) is 0.538. The first-order chi connectivity index (χ1) is 7.79. The average molecular weight is 237 g/mol. The second-order valence-electron chi connectivity index (χ2n) is 4.20. The van der Waals surface area contributed by atoms with Crippen LogP contribution in [0.1, 0.15) is 19.8 Å². The minimum Gasteiger partial charge on any atom is -0.497 e. The van der Waals surface area contributed by atoms with E-state index >= 15 is 0 Å². The summed E-state index contributed by atoms with van der Waals surface area (Å²) in [5, 5.41) is 4.31. The third-order valence-electron chi connectivity index (χ3n) is 3.05. The molecule has 2 rings (SSSR count). The molecular formula is C13H19NOS. The number of benzene rings is 1. The largest absolute Gasteiger partial charge is 0.497 e. The fourth-order valence-corrected chi connectivity index (χ4v) is 3.16. The van der Waals surface area contributed by atoms with Crippen LogP contribution in [0.15, 0.2) is 24.3 Å². The minimum atomic E-state index is 0.604. The van der Waals surface area contributed by atoms with Crippen LogP contribution in [0, 0.1) is 0 Å². The highest BCUT2D eigenvalue weighted by atomic mass is 32.2. The van der Waals surface area contributed by atoms with Gasteiger partial charge in [0.2, 0.25) is 0 Å². The molecule has 1 fully saturated rings. The van der Waals surface area contributed by atoms with E-state index in [1.54, 1.807) is 7.11 Å². The molecule has 0 aromatic heterocycles. The van der Waals surface area contributed by atoms with Gasteiger partial charge in [-0.1, -0.05) is 6.92 Å². The van der Waals surface area contributed by atoms with Gasteiger partial charge in [-0.3, -0.25) is 0 Å². The van der Waals surface area contributed by atoms with Gasteiger partial charge in [-0.25, -0.2) is 0 Å². The van der Waals surface area contributed by atoms with Crippen molar-refractivity contribution in [1.29, 1.82) is 0 Å². The van der Waals surface area contributed by atoms with Gasteiger partial charge >= 0.3 is 0 Å². The summed E-state index contributed by atoms with van der Waals surface area (Å²) in [6.45, 7) is 2.31. The summed E-state index contributed by atoms with van der Waals surface area (Å²) in [6, 6.07) is 8.79. The molecule has 88 valence electrons. The van der Waals surface area contributed by atoms with E-state index in [0.717, 1.165) is 5.75 Å². The zero-order chi connectivity index (χ0) is 11.4. The molecule has 1 N–H and O–H groups in total. The summed E-state index contributed by atoms with van der Waals surface area (Å²) in [6.07, 6.45) is 2.60. The molecule has 2 unspecified atom stereocenters. The molecule has 1 aromatic rings. The average Bonchev–Trinajstić information content (AvgIpc) is 2.33. The maximum Gasteiger partial charge on any atom is 0.119 e. The van der Waals surface area contributed by atoms with Crippen LogP contribution in [0.3, 0.4) is 0 Å². The summed E-state index contributed by atoms with van der Waals surface area (Å²) in [5.41, 5.74) is 1.19. The Labute approximate surface area is 102 Å². The predicted molar refractivity (Wildman–Crippen MR) is 71.6 cm³/mol. The Morgan fingerprint density at radius 1 is 1.31 bits per heavy atom. The van der Waals surface area contributed by atoms with Crippen LogP contribution in [0.5, 0.6) is 5.75 Å². The summed E-state index contributed by atoms with van der Waals surface area (Å²) >= 11 is 2.07. The molecule has 1 aliphatic rings. The number of methoxy groups -OCH3 is 1. The Morgan fingerprint density at radius 2 is 2.06 bits per heavy atom. The van der Waals surface area contributed by atoms with Gasteiger partial charge in [0, 0.05) is 17.0 Å². The molecule has 16 heavy (non-hydrogen) atoms. The molecule has 0 bridgehead atoms. The Morgan fingerprint density at radius 3 is 2.69 bits per heavy atom. The van der Waals surface area contributed by atoms with E-state index in [0.29, 0.717) is 11.3 Å². The van der Waals surface area contributed by atoms with Crippen LogP contribution < -0.4 is 10.1 Å². The van der Waals surface area contributed by atoms with E-state index < -0.39 is 0 Å². The van der Waals surface area contributed by atoms with Crippen molar-refractivity contribution < 1.29 is 4.74 Å². The van der Waals surface area contributed by atoms with Crippen LogP contribution in [-0.2, 0) is 0 Å². The first-order valence-electron chi connectivity index (χ1n) is 5.82. The van der Waals surface area contributed by atoms with Gasteiger partial charge < -0.3 is 10.1 Å². The zero-order valence-electron chi connectivity index (χ0n) is 9.90. The smallest absolute Gasteiger partial charge is 0.119 e. The summed E-state index contributed by atoms with van der Waals surface area (Å²) in [4.78, 5) is 0. The number of anilines is 1. The number of hydrogen-bond acceptors (Lipinski definition) is 3. The Balaban J connectivity index is 1.96. The number of nitrogens with one attached hydrogen (secondary N) is 1. The van der Waals surface area contributed by atoms with Crippen LogP contribution in [0.25, 0.3) is 0 Å². The van der Waals surface area contributed by atoms with E-state index in [1.165, 1.54) is 24.3 Å². The Bertz CT molecular complexity index is 325. The van der Waals surface area contributed by atoms with Crippen LogP contribution in [0.2, 0.25) is 0 Å². The molecule has 0 radical (unpaired) electrons. The summed E-state index contributed by atoms with van der Waals surface area (Å²) < 4.78 is 5.15. The first-order valence-corrected chi connectivity index (χ1v) is 6.86. The Hall–Kier alpha value is -0.830. The van der Waals surface area contributed by atoms with Crippen LogP contribution in [-0.4, -0.2) is 24.2 Å². The van der Waals surface area contributed by atoms with Crippen molar-refractivity contribution in [3.63, 3.8) is 0 Å². The highest BCUT2D eigenvalue weighted by molar-refractivity contribution is 8.00. The van der Waals surface area contributed by atoms with Crippen molar-refractivity contribution in [2.75, 3.05) is 18.2 Å². The van der Waals surface area contributed by atoms with E-state index in [4.69, 9.17) is 4.74 Å². The van der Waals surface area contributed by atoms with Gasteiger partial charge in [0.15, 0.2) is 0 Å². The quantitative estimate of drug-likeness (QED) is 0.870. The van der Waals surface area contributed by atoms with Crippen molar-refractivity contribution in [1.82, 2.24) is 0 Å². The SMILES string of the molecule is COc1ccc(NC2CCCSC2C)cc1. The molecule has 0 aliphatic carbocycles. The molecule has 3 heteroatoms. The normalized spacial score (nSPS) is 25.1. The molecule has 0 amide bonds. The molecular weight excluding hydrogens is 218 g/mol. The van der Waals surface area contributed by atoms with Crippen molar-refractivity contribution >= 4 is 17.4 Å². The molecule has 2 atom stereocenters. The van der Waals surface area contributed by atoms with E-state index in [2.05, 4.69) is 36.1 Å². The van der Waals surface area contributed by atoms with Gasteiger partial charge in [-0.05, 0) is 42.9 Å². The summed E-state index contributed by atoms with van der Waals surface area (Å²) in [5.74, 6) is 2.22. The third kappa shape index (κ3) is 2.85. The third-order valence-corrected chi connectivity index (χ3v) is 4.43. The van der Waals surface area contributed by atoms with Gasteiger partial charge in [-0.15, -0.1) is 0 Å². The molecule has 0 saturated carbocycles. The summed E-state index contributed by atoms with van der Waals surface area (Å²) in [7, 11) is 1.70. The monoisotopic (exact) mass is 237 g/mol. The standard InChI is InChI=1S/C13H19NOS/c1-10-13(4-3-9-16-10)14-11-5-7-12(15-2)8-6-11/h5-8,10,13-14H,3-4,9H2,1-2H3. The van der Waals surface area contributed by atoms with Crippen LogP contribution >= 0.6 is 11.8 Å². The highest BCUT2D eigenvalue weighted by Crippen LogP contribution is 2.28. The fourth-order valence-electron chi connectivity index (χ4n) is 2.01. The predicted octanol–water partition coefficient (Wildman–Crippen LogP) is 3.39. The van der Waals surface area contributed by atoms with E-state index in [9.17, 15) is 0 Å². The van der Waals surface area contributed by atoms with Crippen molar-refractivity contribution in [2.24, 2.45) is 0 Å². The highest BCUT2D eigenvalue weighted by Gasteiger charge is 2.21. The van der Waals surface area contributed by atoms with Crippen molar-refractivity contribution in [3.05, 3.63) is 24.3 Å². The van der Waals surface area contributed by atoms with Gasteiger partial charge in [-0.2, -0.15) is 11.8 Å². The number of hydrogen-bond donors (Lipinski definition) is 1. The second kappa shape index (κ2) is 5.48. The molecule has 2 nitrogen and oxygen atoms in total. The molecule has 1 aromatic carbocycles. The Kier molecular flexibility index (Phi) is 3.99. The zero-order valence-corrected chi connectivity index (χ0v) is 10.7. The molecule has 0 spiro atoms. The molecule has 1 heterocycles. The molecule has 1 saturated heterocycles. The maximum absolute atomic E-state index is 5.15. The topological polar surface area (TPSA) is 21.3 Å². The molecule has 1 aliphatic heterocycles. The minimum absolute atomic E-state index is 0.604.